The van der Waals surface area contributed by atoms with Crippen molar-refractivity contribution in [2.45, 2.75) is 20.5 Å². The van der Waals surface area contributed by atoms with Crippen LogP contribution >= 0.6 is 11.6 Å². The quantitative estimate of drug-likeness (QED) is 0.519. The molecule has 0 radical (unpaired) electrons. The van der Waals surface area contributed by atoms with Gasteiger partial charge in [-0.2, -0.15) is 0 Å². The van der Waals surface area contributed by atoms with E-state index in [0.29, 0.717) is 46.7 Å². The Morgan fingerprint density at radius 2 is 1.87 bits per heavy atom. The molecule has 7 nitrogen and oxygen atoms in total. The molecule has 1 aromatic heterocycles. The van der Waals surface area contributed by atoms with Gasteiger partial charge in [0.1, 0.15) is 6.61 Å². The lowest BCUT2D eigenvalue weighted by Crippen LogP contribution is -2.13. The fraction of sp³-hybridized carbons (Fsp3) is 0.174. The standard InChI is InChI=1S/C23H22ClN3O4/c1-3-30-22-11-17(6-9-21(22)31-14-16-5-4-10-25-13-16)23(29)27-18-7-8-20(19(24)12-18)26-15(2)28/h4-13H,3,14H2,1-2H3,(H,26,28)(H,27,29). The second-order valence-corrected chi connectivity index (χ2v) is 6.98. The highest BCUT2D eigenvalue weighted by Gasteiger charge is 2.13. The third-order valence-corrected chi connectivity index (χ3v) is 4.47. The number of carbonyl (C=O) groups is 2. The first-order valence-corrected chi connectivity index (χ1v) is 10.0. The van der Waals surface area contributed by atoms with Gasteiger partial charge in [0.15, 0.2) is 11.5 Å². The van der Waals surface area contributed by atoms with Crippen molar-refractivity contribution < 1.29 is 19.1 Å². The van der Waals surface area contributed by atoms with Crippen LogP contribution in [0.4, 0.5) is 11.4 Å². The molecule has 0 fully saturated rings. The van der Waals surface area contributed by atoms with Crippen LogP contribution in [0.2, 0.25) is 5.02 Å². The molecule has 160 valence electrons. The van der Waals surface area contributed by atoms with Crippen LogP contribution in [0.3, 0.4) is 0 Å². The van der Waals surface area contributed by atoms with Crippen molar-refractivity contribution in [2.24, 2.45) is 0 Å². The zero-order chi connectivity index (χ0) is 22.2. The maximum atomic E-state index is 12.7. The number of anilines is 2. The Morgan fingerprint density at radius 3 is 2.55 bits per heavy atom. The minimum Gasteiger partial charge on any atom is -0.490 e. The Kier molecular flexibility index (Phi) is 7.45. The summed E-state index contributed by atoms with van der Waals surface area (Å²) < 4.78 is 11.5. The number of hydrogen-bond acceptors (Lipinski definition) is 5. The van der Waals surface area contributed by atoms with Crippen molar-refractivity contribution in [1.29, 1.82) is 0 Å². The van der Waals surface area contributed by atoms with Gasteiger partial charge in [0.05, 0.1) is 17.3 Å². The third-order valence-electron chi connectivity index (χ3n) is 4.16. The first-order valence-electron chi connectivity index (χ1n) is 9.63. The van der Waals surface area contributed by atoms with Gasteiger partial charge in [-0.05, 0) is 49.4 Å². The number of nitrogens with zero attached hydrogens (tertiary/aromatic N) is 1. The normalized spacial score (nSPS) is 10.3. The molecule has 0 saturated carbocycles. The molecule has 2 amide bonds. The summed E-state index contributed by atoms with van der Waals surface area (Å²) in [5.74, 6) is 0.444. The van der Waals surface area contributed by atoms with E-state index in [0.717, 1.165) is 5.56 Å². The van der Waals surface area contributed by atoms with Crippen LogP contribution in [0.15, 0.2) is 60.9 Å². The zero-order valence-electron chi connectivity index (χ0n) is 17.1. The summed E-state index contributed by atoms with van der Waals surface area (Å²) >= 11 is 6.17. The number of pyridine rings is 1. The molecule has 3 rings (SSSR count). The highest BCUT2D eigenvalue weighted by atomic mass is 35.5. The fourth-order valence-electron chi connectivity index (χ4n) is 2.77. The van der Waals surface area contributed by atoms with Crippen molar-refractivity contribution in [3.05, 3.63) is 77.1 Å². The summed E-state index contributed by atoms with van der Waals surface area (Å²) in [4.78, 5) is 28.0. The van der Waals surface area contributed by atoms with Gasteiger partial charge in [0.2, 0.25) is 5.91 Å². The predicted molar refractivity (Wildman–Crippen MR) is 120 cm³/mol. The van der Waals surface area contributed by atoms with Crippen LogP contribution < -0.4 is 20.1 Å². The maximum absolute atomic E-state index is 12.7. The van der Waals surface area contributed by atoms with Gasteiger partial charge < -0.3 is 20.1 Å². The van der Waals surface area contributed by atoms with E-state index < -0.39 is 0 Å². The molecule has 1 heterocycles. The van der Waals surface area contributed by atoms with Gasteiger partial charge >= 0.3 is 0 Å². The van der Waals surface area contributed by atoms with E-state index in [9.17, 15) is 9.59 Å². The average Bonchev–Trinajstić information content (AvgIpc) is 2.75. The minimum absolute atomic E-state index is 0.229. The fourth-order valence-corrected chi connectivity index (χ4v) is 3.00. The third kappa shape index (κ3) is 6.20. The summed E-state index contributed by atoms with van der Waals surface area (Å²) in [5.41, 5.74) is 2.30. The maximum Gasteiger partial charge on any atom is 0.255 e. The molecule has 31 heavy (non-hydrogen) atoms. The summed E-state index contributed by atoms with van der Waals surface area (Å²) in [6, 6.07) is 13.6. The molecule has 0 aliphatic heterocycles. The van der Waals surface area contributed by atoms with Gasteiger partial charge in [-0.25, -0.2) is 0 Å². The number of hydrogen-bond donors (Lipinski definition) is 2. The number of ether oxygens (including phenoxy) is 2. The Bertz CT molecular complexity index is 1070. The molecule has 3 aromatic rings. The van der Waals surface area contributed by atoms with Gasteiger partial charge in [0, 0.05) is 36.1 Å². The summed E-state index contributed by atoms with van der Waals surface area (Å²) in [7, 11) is 0. The number of halogens is 1. The van der Waals surface area contributed by atoms with Crippen molar-refractivity contribution in [1.82, 2.24) is 4.98 Å². The van der Waals surface area contributed by atoms with Gasteiger partial charge in [0.25, 0.3) is 5.91 Å². The summed E-state index contributed by atoms with van der Waals surface area (Å²) in [5, 5.41) is 5.73. The molecular formula is C23H22ClN3O4. The molecule has 0 unspecified atom stereocenters. The number of rotatable bonds is 8. The van der Waals surface area contributed by atoms with Gasteiger partial charge in [-0.1, -0.05) is 17.7 Å². The van der Waals surface area contributed by atoms with Crippen molar-refractivity contribution in [3.63, 3.8) is 0 Å². The second kappa shape index (κ2) is 10.4. The lowest BCUT2D eigenvalue weighted by atomic mass is 10.1. The van der Waals surface area contributed by atoms with Gasteiger partial charge in [-0.15, -0.1) is 0 Å². The van der Waals surface area contributed by atoms with E-state index in [4.69, 9.17) is 21.1 Å². The molecule has 0 atom stereocenters. The van der Waals surface area contributed by atoms with E-state index in [1.54, 1.807) is 48.8 Å². The summed E-state index contributed by atoms with van der Waals surface area (Å²) in [6.45, 7) is 4.01. The molecule has 0 saturated heterocycles. The van der Waals surface area contributed by atoms with Crippen molar-refractivity contribution >= 4 is 34.8 Å². The number of carbonyl (C=O) groups excluding carboxylic acids is 2. The highest BCUT2D eigenvalue weighted by Crippen LogP contribution is 2.30. The topological polar surface area (TPSA) is 89.6 Å². The Hall–Kier alpha value is -3.58. The van der Waals surface area contributed by atoms with Crippen LogP contribution in [0.1, 0.15) is 29.8 Å². The van der Waals surface area contributed by atoms with E-state index >= 15 is 0 Å². The van der Waals surface area contributed by atoms with Crippen LogP contribution in [0.5, 0.6) is 11.5 Å². The molecule has 8 heteroatoms. The van der Waals surface area contributed by atoms with E-state index in [1.807, 2.05) is 19.1 Å². The number of amides is 2. The lowest BCUT2D eigenvalue weighted by Gasteiger charge is -2.14. The van der Waals surface area contributed by atoms with E-state index in [2.05, 4.69) is 15.6 Å². The van der Waals surface area contributed by atoms with Crippen LogP contribution in [-0.4, -0.2) is 23.4 Å². The Labute approximate surface area is 185 Å². The van der Waals surface area contributed by atoms with Gasteiger partial charge in [-0.3, -0.25) is 14.6 Å². The SMILES string of the molecule is CCOc1cc(C(=O)Nc2ccc(NC(C)=O)c(Cl)c2)ccc1OCc1cccnc1. The molecular weight excluding hydrogens is 418 g/mol. The molecule has 0 aliphatic carbocycles. The molecule has 2 aromatic carbocycles. The van der Waals surface area contributed by atoms with E-state index in [-0.39, 0.29) is 11.8 Å². The Morgan fingerprint density at radius 1 is 1.03 bits per heavy atom. The smallest absolute Gasteiger partial charge is 0.255 e. The van der Waals surface area contributed by atoms with Crippen molar-refractivity contribution in [3.8, 4) is 11.5 Å². The first kappa shape index (κ1) is 22.1. The monoisotopic (exact) mass is 439 g/mol. The molecule has 0 spiro atoms. The predicted octanol–water partition coefficient (Wildman–Crippen LogP) is 4.92. The molecule has 0 bridgehead atoms. The largest absolute Gasteiger partial charge is 0.490 e. The van der Waals surface area contributed by atoms with Crippen LogP contribution in [-0.2, 0) is 11.4 Å². The number of aromatic nitrogens is 1. The van der Waals surface area contributed by atoms with E-state index in [1.165, 1.54) is 6.92 Å². The highest BCUT2D eigenvalue weighted by molar-refractivity contribution is 6.34. The number of benzene rings is 2. The Balaban J connectivity index is 1.72. The van der Waals surface area contributed by atoms with Crippen LogP contribution in [0, 0.1) is 0 Å². The minimum atomic E-state index is -0.330. The zero-order valence-corrected chi connectivity index (χ0v) is 17.9. The first-order chi connectivity index (χ1) is 15.0. The number of nitrogens with one attached hydrogen (secondary N) is 2. The molecule has 2 N–H and O–H groups in total. The second-order valence-electron chi connectivity index (χ2n) is 6.57. The lowest BCUT2D eigenvalue weighted by molar-refractivity contribution is -0.114. The van der Waals surface area contributed by atoms with Crippen molar-refractivity contribution in [2.75, 3.05) is 17.2 Å². The van der Waals surface area contributed by atoms with Crippen LogP contribution in [0.25, 0.3) is 0 Å². The molecule has 0 aliphatic rings. The summed E-state index contributed by atoms with van der Waals surface area (Å²) in [6.07, 6.45) is 3.42. The average molecular weight is 440 g/mol.